The van der Waals surface area contributed by atoms with Gasteiger partial charge in [-0.05, 0) is 13.3 Å². The summed E-state index contributed by atoms with van der Waals surface area (Å²) in [6, 6.07) is 0. The maximum Gasteiger partial charge on any atom is 0.295 e. The van der Waals surface area contributed by atoms with E-state index in [1.54, 1.807) is 6.92 Å². The Morgan fingerprint density at radius 1 is 1.67 bits per heavy atom. The number of hydrogen-bond acceptors (Lipinski definition) is 3. The summed E-state index contributed by atoms with van der Waals surface area (Å²) in [4.78, 5) is 11.2. The average Bonchev–Trinajstić information content (AvgIpc) is 2.35. The second-order valence-corrected chi connectivity index (χ2v) is 5.19. The zero-order valence-corrected chi connectivity index (χ0v) is 8.34. The van der Waals surface area contributed by atoms with Gasteiger partial charge < -0.3 is 4.52 Å². The summed E-state index contributed by atoms with van der Waals surface area (Å²) in [6.07, 6.45) is 1.30. The number of carbonyl (C=O) groups excluding carboxylic acids is 1. The van der Waals surface area contributed by atoms with Crippen molar-refractivity contribution in [1.29, 1.82) is 0 Å². The van der Waals surface area contributed by atoms with Gasteiger partial charge in [0.05, 0.1) is 6.61 Å². The predicted octanol–water partition coefficient (Wildman–Crippen LogP) is 1.47. The normalized spacial score (nSPS) is 22.8. The molecule has 0 spiro atoms. The minimum absolute atomic E-state index is 0.0470. The molecule has 1 amide bonds. The average molecular weight is 191 g/mol. The van der Waals surface area contributed by atoms with Crippen molar-refractivity contribution in [2.45, 2.75) is 19.8 Å². The summed E-state index contributed by atoms with van der Waals surface area (Å²) in [5, 5.41) is 0. The molecule has 1 fully saturated rings. The van der Waals surface area contributed by atoms with E-state index in [0.717, 1.165) is 6.42 Å². The van der Waals surface area contributed by atoms with Crippen LogP contribution in [0, 0.1) is 0 Å². The highest BCUT2D eigenvalue weighted by atomic mass is 31.2. The third-order valence-corrected chi connectivity index (χ3v) is 3.89. The molecule has 1 aliphatic heterocycles. The van der Waals surface area contributed by atoms with Crippen molar-refractivity contribution in [3.05, 3.63) is 0 Å². The molecule has 0 aromatic heterocycles. The van der Waals surface area contributed by atoms with Crippen LogP contribution in [0.2, 0.25) is 0 Å². The second-order valence-electron chi connectivity index (χ2n) is 2.84. The van der Waals surface area contributed by atoms with E-state index in [0.29, 0.717) is 19.6 Å². The zero-order chi connectivity index (χ0) is 9.19. The number of amides is 1. The monoisotopic (exact) mass is 191 g/mol. The van der Waals surface area contributed by atoms with Crippen molar-refractivity contribution < 1.29 is 13.9 Å². The van der Waals surface area contributed by atoms with Gasteiger partial charge in [0, 0.05) is 19.6 Å². The van der Waals surface area contributed by atoms with Crippen LogP contribution in [0.3, 0.4) is 0 Å². The molecule has 0 aromatic carbocycles. The van der Waals surface area contributed by atoms with Crippen molar-refractivity contribution >= 4 is 13.4 Å². The Morgan fingerprint density at radius 2 is 2.33 bits per heavy atom. The second kappa shape index (κ2) is 3.58. The molecule has 12 heavy (non-hydrogen) atoms. The lowest BCUT2D eigenvalue weighted by Crippen LogP contribution is -2.21. The van der Waals surface area contributed by atoms with Crippen LogP contribution in [0.4, 0.5) is 0 Å². The van der Waals surface area contributed by atoms with E-state index >= 15 is 0 Å². The van der Waals surface area contributed by atoms with Gasteiger partial charge in [-0.25, -0.2) is 0 Å². The molecule has 1 unspecified atom stereocenters. The Kier molecular flexibility index (Phi) is 2.91. The Hall–Kier alpha value is -0.340. The van der Waals surface area contributed by atoms with Crippen LogP contribution in [-0.4, -0.2) is 30.4 Å². The lowest BCUT2D eigenvalue weighted by atomic mass is 10.4. The summed E-state index contributed by atoms with van der Waals surface area (Å²) in [5.74, 6) is -0.0470. The van der Waals surface area contributed by atoms with Gasteiger partial charge in [-0.3, -0.25) is 14.0 Å². The van der Waals surface area contributed by atoms with Gasteiger partial charge in [-0.15, -0.1) is 0 Å². The van der Waals surface area contributed by atoms with E-state index in [4.69, 9.17) is 4.52 Å². The summed E-state index contributed by atoms with van der Waals surface area (Å²) in [6.45, 7) is 4.24. The summed E-state index contributed by atoms with van der Waals surface area (Å²) in [5.41, 5.74) is 0. The van der Waals surface area contributed by atoms with Crippen molar-refractivity contribution in [1.82, 2.24) is 4.67 Å². The molecular formula is C7H14NO3P. The van der Waals surface area contributed by atoms with Crippen LogP contribution in [-0.2, 0) is 13.9 Å². The Bertz CT molecular complexity index is 229. The maximum absolute atomic E-state index is 11.7. The molecule has 1 saturated heterocycles. The smallest absolute Gasteiger partial charge is 0.295 e. The quantitative estimate of drug-likeness (QED) is 0.634. The van der Waals surface area contributed by atoms with Crippen molar-refractivity contribution in [3.63, 3.8) is 0 Å². The fourth-order valence-electron chi connectivity index (χ4n) is 1.33. The summed E-state index contributed by atoms with van der Waals surface area (Å²) in [7, 11) is -2.81. The minimum Gasteiger partial charge on any atom is -0.314 e. The first-order chi connectivity index (χ1) is 5.58. The van der Waals surface area contributed by atoms with E-state index in [1.807, 2.05) is 0 Å². The molecule has 70 valence electrons. The van der Waals surface area contributed by atoms with Crippen LogP contribution in [0.1, 0.15) is 19.8 Å². The molecule has 0 saturated carbocycles. The number of hydrogen-bond donors (Lipinski definition) is 0. The third kappa shape index (κ3) is 1.87. The first-order valence-electron chi connectivity index (χ1n) is 4.11. The van der Waals surface area contributed by atoms with Crippen molar-refractivity contribution in [2.24, 2.45) is 0 Å². The lowest BCUT2D eigenvalue weighted by molar-refractivity contribution is -0.124. The molecule has 1 atom stereocenters. The van der Waals surface area contributed by atoms with Gasteiger partial charge in [0.1, 0.15) is 0 Å². The number of nitrogens with zero attached hydrogens (tertiary/aromatic N) is 1. The predicted molar refractivity (Wildman–Crippen MR) is 46.1 cm³/mol. The van der Waals surface area contributed by atoms with E-state index < -0.39 is 7.52 Å². The van der Waals surface area contributed by atoms with Crippen LogP contribution in [0.25, 0.3) is 0 Å². The first-order valence-corrected chi connectivity index (χ1v) is 6.13. The molecule has 0 aromatic rings. The van der Waals surface area contributed by atoms with Gasteiger partial charge in [-0.1, -0.05) is 0 Å². The molecule has 4 nitrogen and oxygen atoms in total. The van der Waals surface area contributed by atoms with Gasteiger partial charge in [-0.2, -0.15) is 0 Å². The van der Waals surface area contributed by atoms with Crippen LogP contribution in [0.15, 0.2) is 0 Å². The summed E-state index contributed by atoms with van der Waals surface area (Å²) < 4.78 is 18.1. The van der Waals surface area contributed by atoms with Crippen LogP contribution >= 0.6 is 7.52 Å². The highest BCUT2D eigenvalue weighted by molar-refractivity contribution is 7.56. The maximum atomic E-state index is 11.7. The standard InChI is InChI=1S/C7H14NO3P/c1-3-11-12(2,10)8-6-4-5-7(8)9/h3-6H2,1-2H3. The number of carbonyl (C=O) groups is 1. The lowest BCUT2D eigenvalue weighted by Gasteiger charge is -2.23. The van der Waals surface area contributed by atoms with E-state index in [1.165, 1.54) is 11.3 Å². The van der Waals surface area contributed by atoms with Gasteiger partial charge in [0.2, 0.25) is 5.91 Å². The molecular weight excluding hydrogens is 177 g/mol. The molecule has 1 heterocycles. The van der Waals surface area contributed by atoms with Gasteiger partial charge in [0.15, 0.2) is 0 Å². The molecule has 0 bridgehead atoms. The van der Waals surface area contributed by atoms with Crippen molar-refractivity contribution in [3.8, 4) is 0 Å². The topological polar surface area (TPSA) is 46.6 Å². The minimum atomic E-state index is -2.81. The molecule has 0 radical (unpaired) electrons. The van der Waals surface area contributed by atoms with Gasteiger partial charge >= 0.3 is 0 Å². The van der Waals surface area contributed by atoms with Gasteiger partial charge in [0.25, 0.3) is 7.52 Å². The number of rotatable bonds is 3. The molecule has 1 rings (SSSR count). The fraction of sp³-hybridized carbons (Fsp3) is 0.857. The van der Waals surface area contributed by atoms with Crippen molar-refractivity contribution in [2.75, 3.05) is 19.8 Å². The van der Waals surface area contributed by atoms with E-state index in [-0.39, 0.29) is 5.91 Å². The molecule has 0 N–H and O–H groups in total. The first kappa shape index (κ1) is 9.75. The van der Waals surface area contributed by atoms with Crippen LogP contribution in [0.5, 0.6) is 0 Å². The molecule has 1 aliphatic rings. The van der Waals surface area contributed by atoms with E-state index in [2.05, 4.69) is 0 Å². The Labute approximate surface area is 72.4 Å². The summed E-state index contributed by atoms with van der Waals surface area (Å²) >= 11 is 0. The van der Waals surface area contributed by atoms with E-state index in [9.17, 15) is 9.36 Å². The third-order valence-electron chi connectivity index (χ3n) is 1.86. The molecule has 0 aliphatic carbocycles. The zero-order valence-electron chi connectivity index (χ0n) is 7.45. The largest absolute Gasteiger partial charge is 0.314 e. The SMILES string of the molecule is CCOP(C)(=O)N1CCCC1=O. The van der Waals surface area contributed by atoms with Crippen LogP contribution < -0.4 is 0 Å². The molecule has 5 heteroatoms. The fourth-order valence-corrected chi connectivity index (χ4v) is 2.96. The highest BCUT2D eigenvalue weighted by Gasteiger charge is 2.33. The highest BCUT2D eigenvalue weighted by Crippen LogP contribution is 2.48. The Morgan fingerprint density at radius 3 is 2.75 bits per heavy atom. The Balaban J connectivity index is 2.67.